The lowest BCUT2D eigenvalue weighted by Crippen LogP contribution is -2.35. The van der Waals surface area contributed by atoms with Crippen LogP contribution in [0.4, 0.5) is 0 Å². The molecule has 1 heterocycles. The van der Waals surface area contributed by atoms with Gasteiger partial charge in [-0.1, -0.05) is 39.7 Å². The Kier molecular flexibility index (Phi) is 5.80. The zero-order valence-electron chi connectivity index (χ0n) is 13.9. The fraction of sp³-hybridized carbons (Fsp3) is 0.222. The molecule has 0 radical (unpaired) electrons. The number of H-pyrrole nitrogens is 1. The molecule has 6 nitrogen and oxygen atoms in total. The summed E-state index contributed by atoms with van der Waals surface area (Å²) in [4.78, 5) is 28.0. The van der Waals surface area contributed by atoms with Crippen LogP contribution in [0.25, 0.3) is 10.9 Å². The predicted octanol–water partition coefficient (Wildman–Crippen LogP) is 3.18. The van der Waals surface area contributed by atoms with Gasteiger partial charge in [0.2, 0.25) is 0 Å². The standard InChI is InChI=1S/C18H16BrClN2O4/c1-25-8-9-26-16-14(20)7-6-13-15(16)21-18(24)22(17(13)23)10-11-2-4-12(19)5-3-11/h2-7H,8-10H2,1H3,(H,21,24). The molecular weight excluding hydrogens is 424 g/mol. The number of aromatic amines is 1. The first-order chi connectivity index (χ1) is 12.5. The minimum atomic E-state index is -0.524. The number of hydrogen-bond acceptors (Lipinski definition) is 4. The van der Waals surface area contributed by atoms with E-state index in [9.17, 15) is 9.59 Å². The van der Waals surface area contributed by atoms with Crippen molar-refractivity contribution in [1.29, 1.82) is 0 Å². The third-order valence-corrected chi connectivity index (χ3v) is 4.68. The van der Waals surface area contributed by atoms with Crippen LogP contribution in [-0.4, -0.2) is 29.9 Å². The van der Waals surface area contributed by atoms with Crippen molar-refractivity contribution in [2.45, 2.75) is 6.54 Å². The van der Waals surface area contributed by atoms with E-state index in [1.165, 1.54) is 0 Å². The number of rotatable bonds is 6. The highest BCUT2D eigenvalue weighted by molar-refractivity contribution is 9.10. The molecule has 0 spiro atoms. The number of hydrogen-bond donors (Lipinski definition) is 1. The maximum atomic E-state index is 12.8. The van der Waals surface area contributed by atoms with Crippen molar-refractivity contribution < 1.29 is 9.47 Å². The molecule has 3 aromatic rings. The van der Waals surface area contributed by atoms with Crippen molar-refractivity contribution in [2.24, 2.45) is 0 Å². The molecule has 26 heavy (non-hydrogen) atoms. The van der Waals surface area contributed by atoms with E-state index in [0.29, 0.717) is 17.0 Å². The second-order valence-electron chi connectivity index (χ2n) is 5.59. The van der Waals surface area contributed by atoms with E-state index in [0.717, 1.165) is 14.6 Å². The molecule has 2 aromatic carbocycles. The summed E-state index contributed by atoms with van der Waals surface area (Å²) in [5.41, 5.74) is 0.200. The SMILES string of the molecule is COCCOc1c(Cl)ccc2c(=O)n(Cc3ccc(Br)cc3)c(=O)[nH]c12. The van der Waals surface area contributed by atoms with Gasteiger partial charge in [0.1, 0.15) is 6.61 Å². The Balaban J connectivity index is 2.08. The number of nitrogens with one attached hydrogen (secondary N) is 1. The van der Waals surface area contributed by atoms with Crippen LogP contribution in [0.5, 0.6) is 5.75 Å². The molecule has 136 valence electrons. The first kappa shape index (κ1) is 18.7. The zero-order valence-corrected chi connectivity index (χ0v) is 16.3. The third kappa shape index (κ3) is 3.85. The minimum Gasteiger partial charge on any atom is -0.487 e. The van der Waals surface area contributed by atoms with Crippen LogP contribution in [0.3, 0.4) is 0 Å². The van der Waals surface area contributed by atoms with Crippen LogP contribution in [0.2, 0.25) is 5.02 Å². The van der Waals surface area contributed by atoms with Crippen LogP contribution in [0.1, 0.15) is 5.56 Å². The van der Waals surface area contributed by atoms with Gasteiger partial charge in [0.15, 0.2) is 5.75 Å². The van der Waals surface area contributed by atoms with Crippen molar-refractivity contribution in [1.82, 2.24) is 9.55 Å². The molecule has 0 bridgehead atoms. The second kappa shape index (κ2) is 8.07. The molecule has 0 saturated heterocycles. The summed E-state index contributed by atoms with van der Waals surface area (Å²) in [5, 5.41) is 0.646. The first-order valence-corrected chi connectivity index (χ1v) is 9.00. The highest BCUT2D eigenvalue weighted by atomic mass is 79.9. The Morgan fingerprint density at radius 1 is 1.12 bits per heavy atom. The summed E-state index contributed by atoms with van der Waals surface area (Å²) in [7, 11) is 1.55. The van der Waals surface area contributed by atoms with Gasteiger partial charge in [0.05, 0.1) is 29.1 Å². The molecule has 8 heteroatoms. The Labute approximate surface area is 162 Å². The van der Waals surface area contributed by atoms with Gasteiger partial charge < -0.3 is 14.5 Å². The van der Waals surface area contributed by atoms with Crippen molar-refractivity contribution in [3.8, 4) is 5.75 Å². The number of halogens is 2. The van der Waals surface area contributed by atoms with Crippen LogP contribution in [0.15, 0.2) is 50.5 Å². The molecule has 0 atom stereocenters. The van der Waals surface area contributed by atoms with Gasteiger partial charge in [-0.2, -0.15) is 0 Å². The van der Waals surface area contributed by atoms with Gasteiger partial charge in [0, 0.05) is 11.6 Å². The first-order valence-electron chi connectivity index (χ1n) is 7.82. The van der Waals surface area contributed by atoms with Gasteiger partial charge >= 0.3 is 5.69 Å². The molecule has 0 aliphatic carbocycles. The van der Waals surface area contributed by atoms with E-state index in [-0.39, 0.29) is 24.4 Å². The fourth-order valence-corrected chi connectivity index (χ4v) is 3.03. The predicted molar refractivity (Wildman–Crippen MR) is 104 cm³/mol. The number of methoxy groups -OCH3 is 1. The summed E-state index contributed by atoms with van der Waals surface area (Å²) >= 11 is 9.53. The molecular formula is C18H16BrClN2O4. The topological polar surface area (TPSA) is 73.3 Å². The lowest BCUT2D eigenvalue weighted by atomic mass is 10.2. The van der Waals surface area contributed by atoms with Gasteiger partial charge in [-0.3, -0.25) is 9.36 Å². The Bertz CT molecular complexity index is 1040. The van der Waals surface area contributed by atoms with Gasteiger partial charge in [-0.25, -0.2) is 4.79 Å². The molecule has 0 unspecified atom stereocenters. The number of nitrogens with zero attached hydrogens (tertiary/aromatic N) is 1. The summed E-state index contributed by atoms with van der Waals surface area (Å²) in [6.45, 7) is 0.775. The normalized spacial score (nSPS) is 11.0. The van der Waals surface area contributed by atoms with Crippen LogP contribution in [-0.2, 0) is 11.3 Å². The van der Waals surface area contributed by atoms with Gasteiger partial charge in [-0.15, -0.1) is 0 Å². The smallest absolute Gasteiger partial charge is 0.329 e. The van der Waals surface area contributed by atoms with Crippen molar-refractivity contribution in [3.63, 3.8) is 0 Å². The maximum Gasteiger partial charge on any atom is 0.329 e. The van der Waals surface area contributed by atoms with E-state index in [1.54, 1.807) is 19.2 Å². The lowest BCUT2D eigenvalue weighted by Gasteiger charge is -2.12. The van der Waals surface area contributed by atoms with E-state index in [4.69, 9.17) is 21.1 Å². The Morgan fingerprint density at radius 3 is 2.54 bits per heavy atom. The highest BCUT2D eigenvalue weighted by Crippen LogP contribution is 2.30. The van der Waals surface area contributed by atoms with E-state index < -0.39 is 11.2 Å². The van der Waals surface area contributed by atoms with Gasteiger partial charge in [0.25, 0.3) is 5.56 Å². The molecule has 0 fully saturated rings. The monoisotopic (exact) mass is 438 g/mol. The maximum absolute atomic E-state index is 12.8. The van der Waals surface area contributed by atoms with Gasteiger partial charge in [-0.05, 0) is 29.8 Å². The average Bonchev–Trinajstić information content (AvgIpc) is 2.62. The Morgan fingerprint density at radius 2 is 1.85 bits per heavy atom. The fourth-order valence-electron chi connectivity index (χ4n) is 2.56. The molecule has 3 rings (SSSR count). The summed E-state index contributed by atoms with van der Waals surface area (Å²) < 4.78 is 12.6. The van der Waals surface area contributed by atoms with Crippen molar-refractivity contribution in [2.75, 3.05) is 20.3 Å². The van der Waals surface area contributed by atoms with Crippen molar-refractivity contribution in [3.05, 3.63) is 72.3 Å². The number of ether oxygens (including phenoxy) is 2. The number of benzene rings is 2. The summed E-state index contributed by atoms with van der Waals surface area (Å²) in [6, 6.07) is 10.6. The third-order valence-electron chi connectivity index (χ3n) is 3.85. The number of aromatic nitrogens is 2. The molecule has 0 amide bonds. The zero-order chi connectivity index (χ0) is 18.7. The van der Waals surface area contributed by atoms with Crippen LogP contribution < -0.4 is 16.0 Å². The average molecular weight is 440 g/mol. The number of fused-ring (bicyclic) bond motifs is 1. The minimum absolute atomic E-state index is 0.167. The molecule has 0 aliphatic heterocycles. The van der Waals surface area contributed by atoms with Crippen molar-refractivity contribution >= 4 is 38.4 Å². The Hall–Kier alpha value is -2.09. The molecule has 0 saturated carbocycles. The largest absolute Gasteiger partial charge is 0.487 e. The highest BCUT2D eigenvalue weighted by Gasteiger charge is 2.15. The van der Waals surface area contributed by atoms with E-state index in [2.05, 4.69) is 20.9 Å². The van der Waals surface area contributed by atoms with Crippen LogP contribution in [0, 0.1) is 0 Å². The quantitative estimate of drug-likeness (QED) is 0.599. The van der Waals surface area contributed by atoms with E-state index in [1.807, 2.05) is 24.3 Å². The second-order valence-corrected chi connectivity index (χ2v) is 6.91. The summed E-state index contributed by atoms with van der Waals surface area (Å²) in [6.07, 6.45) is 0. The molecule has 0 aliphatic rings. The molecule has 1 N–H and O–H groups in total. The van der Waals surface area contributed by atoms with Crippen LogP contribution >= 0.6 is 27.5 Å². The molecule has 1 aromatic heterocycles. The summed E-state index contributed by atoms with van der Waals surface area (Å²) in [5.74, 6) is 0.270. The van der Waals surface area contributed by atoms with E-state index >= 15 is 0 Å². The lowest BCUT2D eigenvalue weighted by molar-refractivity contribution is 0.147.